The number of nitrogens with two attached hydrogens (primary N) is 1. The topological polar surface area (TPSA) is 97.2 Å². The van der Waals surface area contributed by atoms with Crippen LogP contribution >= 0.6 is 11.8 Å². The van der Waals surface area contributed by atoms with Gasteiger partial charge in [-0.3, -0.25) is 0 Å². The first-order valence-electron chi connectivity index (χ1n) is 12.4. The predicted molar refractivity (Wildman–Crippen MR) is 156 cm³/mol. The van der Waals surface area contributed by atoms with Crippen molar-refractivity contribution < 1.29 is 22.6 Å². The Morgan fingerprint density at radius 2 is 1.80 bits per heavy atom. The van der Waals surface area contributed by atoms with Gasteiger partial charge in [-0.15, -0.1) is 18.3 Å². The fourth-order valence-electron chi connectivity index (χ4n) is 3.67. The highest BCUT2D eigenvalue weighted by Gasteiger charge is 2.31. The molecule has 3 aromatic rings. The fraction of sp³-hybridized carbons (Fsp3) is 0.214. The van der Waals surface area contributed by atoms with E-state index in [-0.39, 0.29) is 11.6 Å². The third-order valence-corrected chi connectivity index (χ3v) is 6.53. The first kappa shape index (κ1) is 28.7. The van der Waals surface area contributed by atoms with E-state index in [1.807, 2.05) is 43.3 Å². The number of nitrogens with zero attached hydrogens (tertiary/aromatic N) is 5. The molecular weight excluding hydrogens is 541 g/mol. The number of hydrogen-bond donors (Lipinski definition) is 1. The third-order valence-electron chi connectivity index (χ3n) is 5.47. The van der Waals surface area contributed by atoms with Crippen molar-refractivity contribution in [2.45, 2.75) is 19.7 Å². The lowest BCUT2D eigenvalue weighted by Crippen LogP contribution is -2.34. The molecule has 1 aliphatic rings. The zero-order valence-corrected chi connectivity index (χ0v) is 22.4. The minimum Gasteiger partial charge on any atom is -0.492 e. The normalized spacial score (nSPS) is 15.8. The summed E-state index contributed by atoms with van der Waals surface area (Å²) >= 11 is 1.65. The second-order valence-electron chi connectivity index (χ2n) is 8.30. The number of hydrogen-bond acceptors (Lipinski definition) is 6. The van der Waals surface area contributed by atoms with Gasteiger partial charge in [0.05, 0.1) is 24.2 Å². The largest absolute Gasteiger partial charge is 0.573 e. The maximum atomic E-state index is 12.3. The number of halogens is 3. The molecule has 3 aromatic carbocycles. The molecule has 4 rings (SSSR count). The van der Waals surface area contributed by atoms with Crippen LogP contribution in [0.5, 0.6) is 11.5 Å². The van der Waals surface area contributed by atoms with Gasteiger partial charge in [-0.1, -0.05) is 48.2 Å². The summed E-state index contributed by atoms with van der Waals surface area (Å²) in [5.41, 5.74) is 8.92. The fourth-order valence-corrected chi connectivity index (χ4v) is 4.58. The highest BCUT2D eigenvalue weighted by molar-refractivity contribution is 8.14. The number of alkyl halides is 3. The van der Waals surface area contributed by atoms with Gasteiger partial charge >= 0.3 is 6.36 Å². The summed E-state index contributed by atoms with van der Waals surface area (Å²) in [6.45, 7) is 3.38. The molecule has 0 aliphatic carbocycles. The third kappa shape index (κ3) is 8.34. The van der Waals surface area contributed by atoms with E-state index in [0.29, 0.717) is 17.9 Å². The van der Waals surface area contributed by atoms with Gasteiger partial charge in [0.2, 0.25) is 0 Å². The zero-order chi connectivity index (χ0) is 28.4. The molecule has 0 bridgehead atoms. The molecule has 0 amide bonds. The standard InChI is InChI=1S/C28H27F3N6O2S/c1-2-38-25-7-4-3-6-24(25)37-16-5-17-40-27(37)36-35-18-20-8-10-21(11-9-20)26(32)34-19-33-22-12-14-23(15-13-22)39-28(29,30)31/h3-4,6-15,18-19H,2,5,16-17H2,1H3,(H2,32,33,34)/b35-18+,36-27-. The summed E-state index contributed by atoms with van der Waals surface area (Å²) in [4.78, 5) is 10.3. The average molecular weight is 569 g/mol. The van der Waals surface area contributed by atoms with E-state index in [9.17, 15) is 13.2 Å². The van der Waals surface area contributed by atoms with Gasteiger partial charge in [0.1, 0.15) is 23.7 Å². The van der Waals surface area contributed by atoms with Crippen LogP contribution in [0.4, 0.5) is 24.5 Å². The van der Waals surface area contributed by atoms with Crippen molar-refractivity contribution in [3.05, 3.63) is 83.9 Å². The Labute approximate surface area is 234 Å². The first-order valence-corrected chi connectivity index (χ1v) is 13.4. The van der Waals surface area contributed by atoms with E-state index in [0.717, 1.165) is 40.9 Å². The summed E-state index contributed by atoms with van der Waals surface area (Å²) in [6.07, 6.45) is -0.811. The van der Waals surface area contributed by atoms with Crippen molar-refractivity contribution >= 4 is 46.7 Å². The molecule has 0 radical (unpaired) electrons. The van der Waals surface area contributed by atoms with Crippen LogP contribution in [0.1, 0.15) is 24.5 Å². The monoisotopic (exact) mass is 568 g/mol. The van der Waals surface area contributed by atoms with E-state index in [2.05, 4.69) is 29.8 Å². The van der Waals surface area contributed by atoms with Gasteiger partial charge < -0.3 is 20.1 Å². The Balaban J connectivity index is 1.38. The maximum absolute atomic E-state index is 12.3. The second kappa shape index (κ2) is 13.7. The molecule has 208 valence electrons. The molecule has 40 heavy (non-hydrogen) atoms. The predicted octanol–water partition coefficient (Wildman–Crippen LogP) is 6.38. The molecule has 12 heteroatoms. The van der Waals surface area contributed by atoms with Crippen LogP contribution in [0.25, 0.3) is 0 Å². The lowest BCUT2D eigenvalue weighted by atomic mass is 10.1. The number of aliphatic imine (C=N–C) groups is 2. The highest BCUT2D eigenvalue weighted by atomic mass is 32.2. The molecule has 1 heterocycles. The number of ether oxygens (including phenoxy) is 2. The van der Waals surface area contributed by atoms with E-state index in [1.54, 1.807) is 30.1 Å². The number of thioether (sulfide) groups is 1. The smallest absolute Gasteiger partial charge is 0.492 e. The van der Waals surface area contributed by atoms with Gasteiger partial charge in [0.25, 0.3) is 0 Å². The Bertz CT molecular complexity index is 1390. The zero-order valence-electron chi connectivity index (χ0n) is 21.6. The van der Waals surface area contributed by atoms with Gasteiger partial charge in [-0.05, 0) is 55.3 Å². The van der Waals surface area contributed by atoms with Crippen LogP contribution in [0.2, 0.25) is 0 Å². The average Bonchev–Trinajstić information content (AvgIpc) is 2.94. The van der Waals surface area contributed by atoms with Crippen molar-refractivity contribution in [1.82, 2.24) is 0 Å². The molecule has 8 nitrogen and oxygen atoms in total. The molecule has 0 aromatic heterocycles. The van der Waals surface area contributed by atoms with Crippen LogP contribution in [0.3, 0.4) is 0 Å². The van der Waals surface area contributed by atoms with Crippen LogP contribution < -0.4 is 20.1 Å². The summed E-state index contributed by atoms with van der Waals surface area (Å²) in [5.74, 6) is 1.69. The molecule has 1 aliphatic heterocycles. The number of benzene rings is 3. The minimum absolute atomic E-state index is 0.228. The number of anilines is 1. The molecule has 0 unspecified atom stereocenters. The molecule has 1 saturated heterocycles. The van der Waals surface area contributed by atoms with E-state index < -0.39 is 6.36 Å². The van der Waals surface area contributed by atoms with Crippen molar-refractivity contribution in [3.8, 4) is 11.5 Å². The summed E-state index contributed by atoms with van der Waals surface area (Å²) in [5, 5.41) is 9.59. The number of rotatable bonds is 9. The van der Waals surface area contributed by atoms with E-state index >= 15 is 0 Å². The van der Waals surface area contributed by atoms with Gasteiger partial charge in [-0.25, -0.2) is 9.98 Å². The molecule has 2 N–H and O–H groups in total. The number of amidine groups is 2. The van der Waals surface area contributed by atoms with Crippen molar-refractivity contribution in [1.29, 1.82) is 0 Å². The lowest BCUT2D eigenvalue weighted by Gasteiger charge is -2.30. The van der Waals surface area contributed by atoms with Crippen LogP contribution in [-0.2, 0) is 0 Å². The molecule has 0 saturated carbocycles. The van der Waals surface area contributed by atoms with Gasteiger partial charge in [0, 0.05) is 17.9 Å². The van der Waals surface area contributed by atoms with Crippen LogP contribution in [-0.4, -0.2) is 48.8 Å². The second-order valence-corrected chi connectivity index (χ2v) is 9.37. The Hall–Kier alpha value is -4.32. The molecule has 0 atom stereocenters. The van der Waals surface area contributed by atoms with Crippen molar-refractivity contribution in [3.63, 3.8) is 0 Å². The Kier molecular flexibility index (Phi) is 9.79. The Morgan fingerprint density at radius 3 is 2.52 bits per heavy atom. The summed E-state index contributed by atoms with van der Waals surface area (Å²) < 4.78 is 46.4. The van der Waals surface area contributed by atoms with Crippen molar-refractivity contribution in [2.75, 3.05) is 23.8 Å². The summed E-state index contributed by atoms with van der Waals surface area (Å²) in [7, 11) is 0. The number of para-hydroxylation sites is 2. The molecule has 1 fully saturated rings. The van der Waals surface area contributed by atoms with E-state index in [1.165, 1.54) is 30.6 Å². The summed E-state index contributed by atoms with van der Waals surface area (Å²) in [6, 6.07) is 20.3. The first-order chi connectivity index (χ1) is 19.3. The van der Waals surface area contributed by atoms with Gasteiger partial charge in [-0.2, -0.15) is 5.10 Å². The lowest BCUT2D eigenvalue weighted by molar-refractivity contribution is -0.274. The van der Waals surface area contributed by atoms with Gasteiger partial charge in [0.15, 0.2) is 5.17 Å². The van der Waals surface area contributed by atoms with Crippen LogP contribution in [0.15, 0.2) is 93.0 Å². The Morgan fingerprint density at radius 1 is 1.05 bits per heavy atom. The molecular formula is C28H27F3N6O2S. The minimum atomic E-state index is -4.75. The molecule has 0 spiro atoms. The SMILES string of the molecule is CCOc1ccccc1N1CCCS/C1=N\N=C\c1ccc(C(N)=NC=Nc2ccc(OC(F)(F)F)cc2)cc1. The van der Waals surface area contributed by atoms with E-state index in [4.69, 9.17) is 10.5 Å². The van der Waals surface area contributed by atoms with Crippen LogP contribution in [0, 0.1) is 0 Å². The van der Waals surface area contributed by atoms with Crippen molar-refractivity contribution in [2.24, 2.45) is 25.9 Å². The quantitative estimate of drug-likeness (QED) is 0.184. The maximum Gasteiger partial charge on any atom is 0.573 e. The highest BCUT2D eigenvalue weighted by Crippen LogP contribution is 2.33.